The molecule has 0 spiro atoms. The van der Waals surface area contributed by atoms with Crippen LogP contribution in [0.3, 0.4) is 0 Å². The SMILES string of the molecule is CC(C)C(NS(=O)(=O)c1ccc(N2CCOC2=O)cc1)c1ccc(C(C)(C)C)cc1. The van der Waals surface area contributed by atoms with Gasteiger partial charge in [-0.15, -0.1) is 0 Å². The van der Waals surface area contributed by atoms with Gasteiger partial charge in [0.25, 0.3) is 0 Å². The van der Waals surface area contributed by atoms with Crippen LogP contribution < -0.4 is 9.62 Å². The number of ether oxygens (including phenoxy) is 1. The van der Waals surface area contributed by atoms with Crippen LogP contribution >= 0.6 is 0 Å². The number of amides is 1. The van der Waals surface area contributed by atoms with Crippen molar-refractivity contribution in [3.63, 3.8) is 0 Å². The second-order valence-electron chi connectivity index (χ2n) is 8.97. The van der Waals surface area contributed by atoms with E-state index in [0.29, 0.717) is 18.8 Å². The Morgan fingerprint density at radius 3 is 2.07 bits per heavy atom. The van der Waals surface area contributed by atoms with Crippen molar-refractivity contribution in [2.75, 3.05) is 18.1 Å². The highest BCUT2D eigenvalue weighted by Crippen LogP contribution is 2.29. The molecule has 162 valence electrons. The monoisotopic (exact) mass is 430 g/mol. The van der Waals surface area contributed by atoms with Crippen LogP contribution in [0.4, 0.5) is 10.5 Å². The number of cyclic esters (lactones) is 1. The number of carbonyl (C=O) groups excluding carboxylic acids is 1. The summed E-state index contributed by atoms with van der Waals surface area (Å²) >= 11 is 0. The molecular weight excluding hydrogens is 400 g/mol. The van der Waals surface area contributed by atoms with E-state index in [1.54, 1.807) is 12.1 Å². The number of nitrogens with zero attached hydrogens (tertiary/aromatic N) is 1. The van der Waals surface area contributed by atoms with Crippen molar-refractivity contribution in [2.45, 2.75) is 51.0 Å². The highest BCUT2D eigenvalue weighted by atomic mass is 32.2. The van der Waals surface area contributed by atoms with E-state index in [2.05, 4.69) is 37.6 Å². The van der Waals surface area contributed by atoms with Gasteiger partial charge in [-0.3, -0.25) is 4.90 Å². The van der Waals surface area contributed by atoms with Gasteiger partial charge in [-0.2, -0.15) is 0 Å². The Morgan fingerprint density at radius 2 is 1.60 bits per heavy atom. The van der Waals surface area contributed by atoms with Crippen LogP contribution in [-0.2, 0) is 20.2 Å². The lowest BCUT2D eigenvalue weighted by atomic mass is 9.85. The molecule has 0 radical (unpaired) electrons. The number of anilines is 1. The van der Waals surface area contributed by atoms with Gasteiger partial charge in [0.1, 0.15) is 6.61 Å². The molecule has 1 saturated heterocycles. The van der Waals surface area contributed by atoms with Crippen molar-refractivity contribution in [1.29, 1.82) is 0 Å². The summed E-state index contributed by atoms with van der Waals surface area (Å²) in [6.07, 6.45) is -0.415. The first kappa shape index (κ1) is 22.3. The minimum Gasteiger partial charge on any atom is -0.447 e. The maximum absolute atomic E-state index is 13.0. The topological polar surface area (TPSA) is 75.7 Å². The maximum atomic E-state index is 13.0. The molecule has 1 atom stereocenters. The van der Waals surface area contributed by atoms with Crippen molar-refractivity contribution in [3.05, 3.63) is 59.7 Å². The highest BCUT2D eigenvalue weighted by molar-refractivity contribution is 7.89. The molecule has 0 bridgehead atoms. The lowest BCUT2D eigenvalue weighted by Gasteiger charge is -2.25. The number of hydrogen-bond donors (Lipinski definition) is 1. The molecule has 1 unspecified atom stereocenters. The van der Waals surface area contributed by atoms with Crippen LogP contribution in [0, 0.1) is 5.92 Å². The molecule has 1 aliphatic heterocycles. The first-order chi connectivity index (χ1) is 14.0. The molecule has 0 aliphatic carbocycles. The standard InChI is InChI=1S/C23H30N2O4S/c1-16(2)21(17-6-8-18(9-7-17)23(3,4)5)24-30(27,28)20-12-10-19(11-13-20)25-14-15-29-22(25)26/h6-13,16,21,24H,14-15H2,1-5H3. The fourth-order valence-electron chi connectivity index (χ4n) is 3.45. The molecule has 0 aromatic heterocycles. The van der Waals surface area contributed by atoms with Crippen molar-refractivity contribution >= 4 is 21.8 Å². The zero-order chi connectivity index (χ0) is 22.1. The Balaban J connectivity index is 1.81. The van der Waals surface area contributed by atoms with Crippen LogP contribution in [0.25, 0.3) is 0 Å². The third kappa shape index (κ3) is 4.84. The molecule has 2 aromatic carbocycles. The minimum absolute atomic E-state index is 0.0366. The molecule has 1 aliphatic rings. The number of hydrogen-bond acceptors (Lipinski definition) is 4. The van der Waals surface area contributed by atoms with E-state index in [1.807, 2.05) is 26.0 Å². The van der Waals surface area contributed by atoms with Crippen molar-refractivity contribution in [1.82, 2.24) is 4.72 Å². The Morgan fingerprint density at radius 1 is 1.00 bits per heavy atom. The molecule has 1 amide bonds. The van der Waals surface area contributed by atoms with E-state index < -0.39 is 16.1 Å². The van der Waals surface area contributed by atoms with Gasteiger partial charge in [-0.05, 0) is 46.7 Å². The lowest BCUT2D eigenvalue weighted by Crippen LogP contribution is -2.32. The van der Waals surface area contributed by atoms with E-state index >= 15 is 0 Å². The Hall–Kier alpha value is -2.38. The fourth-order valence-corrected chi connectivity index (χ4v) is 4.82. The van der Waals surface area contributed by atoms with Gasteiger partial charge < -0.3 is 4.74 Å². The van der Waals surface area contributed by atoms with E-state index in [4.69, 9.17) is 4.74 Å². The normalized spacial score (nSPS) is 16.1. The predicted octanol–water partition coefficient (Wildman–Crippen LogP) is 4.62. The van der Waals surface area contributed by atoms with Crippen molar-refractivity contribution < 1.29 is 17.9 Å². The predicted molar refractivity (Wildman–Crippen MR) is 118 cm³/mol. The van der Waals surface area contributed by atoms with Crippen molar-refractivity contribution in [2.24, 2.45) is 5.92 Å². The molecule has 30 heavy (non-hydrogen) atoms. The molecule has 2 aromatic rings. The van der Waals surface area contributed by atoms with Crippen LogP contribution in [0.1, 0.15) is 51.8 Å². The molecule has 6 nitrogen and oxygen atoms in total. The third-order valence-electron chi connectivity index (χ3n) is 5.30. The van der Waals surface area contributed by atoms with Crippen molar-refractivity contribution in [3.8, 4) is 0 Å². The second-order valence-corrected chi connectivity index (χ2v) is 10.7. The average Bonchev–Trinajstić information content (AvgIpc) is 3.11. The van der Waals surface area contributed by atoms with Gasteiger partial charge >= 0.3 is 6.09 Å². The number of carbonyl (C=O) groups is 1. The summed E-state index contributed by atoms with van der Waals surface area (Å²) in [5, 5.41) is 0. The van der Waals surface area contributed by atoms with E-state index in [9.17, 15) is 13.2 Å². The molecule has 3 rings (SSSR count). The fraction of sp³-hybridized carbons (Fsp3) is 0.435. The van der Waals surface area contributed by atoms with Gasteiger partial charge in [-0.25, -0.2) is 17.9 Å². The van der Waals surface area contributed by atoms with Gasteiger partial charge in [0.05, 0.1) is 11.4 Å². The van der Waals surface area contributed by atoms with Crippen LogP contribution in [0.5, 0.6) is 0 Å². The Kier molecular flexibility index (Phi) is 6.24. The van der Waals surface area contributed by atoms with Gasteiger partial charge in [0.15, 0.2) is 0 Å². The largest absolute Gasteiger partial charge is 0.447 e. The second kappa shape index (κ2) is 8.40. The molecule has 7 heteroatoms. The smallest absolute Gasteiger partial charge is 0.414 e. The highest BCUT2D eigenvalue weighted by Gasteiger charge is 2.26. The zero-order valence-corrected chi connectivity index (χ0v) is 19.0. The van der Waals surface area contributed by atoms with Crippen LogP contribution in [-0.4, -0.2) is 27.7 Å². The quantitative estimate of drug-likeness (QED) is 0.726. The molecule has 1 heterocycles. The number of sulfonamides is 1. The van der Waals surface area contributed by atoms with Gasteiger partial charge in [0, 0.05) is 11.7 Å². The van der Waals surface area contributed by atoms with E-state index in [-0.39, 0.29) is 22.3 Å². The summed E-state index contributed by atoms with van der Waals surface area (Å²) < 4.78 is 33.8. The van der Waals surface area contributed by atoms with E-state index in [0.717, 1.165) is 5.56 Å². The van der Waals surface area contributed by atoms with Crippen LogP contribution in [0.2, 0.25) is 0 Å². The number of nitrogens with one attached hydrogen (secondary N) is 1. The average molecular weight is 431 g/mol. The Labute approximate surface area is 179 Å². The molecular formula is C23H30N2O4S. The number of benzene rings is 2. The summed E-state index contributed by atoms with van der Waals surface area (Å²) in [7, 11) is -3.73. The Bertz CT molecular complexity index is 991. The maximum Gasteiger partial charge on any atom is 0.414 e. The minimum atomic E-state index is -3.73. The molecule has 0 saturated carbocycles. The van der Waals surface area contributed by atoms with Gasteiger partial charge in [0.2, 0.25) is 10.0 Å². The molecule has 1 fully saturated rings. The summed E-state index contributed by atoms with van der Waals surface area (Å²) in [6, 6.07) is 14.1. The first-order valence-electron chi connectivity index (χ1n) is 10.2. The zero-order valence-electron chi connectivity index (χ0n) is 18.2. The summed E-state index contributed by atoms with van der Waals surface area (Å²) in [5.74, 6) is 0.0684. The summed E-state index contributed by atoms with van der Waals surface area (Å²) in [4.78, 5) is 13.3. The first-order valence-corrected chi connectivity index (χ1v) is 11.6. The van der Waals surface area contributed by atoms with Gasteiger partial charge in [-0.1, -0.05) is 58.9 Å². The third-order valence-corrected chi connectivity index (χ3v) is 6.76. The molecule has 1 N–H and O–H groups in total. The summed E-state index contributed by atoms with van der Waals surface area (Å²) in [6.45, 7) is 11.2. The van der Waals surface area contributed by atoms with Crippen LogP contribution in [0.15, 0.2) is 53.4 Å². The number of rotatable bonds is 6. The lowest BCUT2D eigenvalue weighted by molar-refractivity contribution is 0.181. The summed E-state index contributed by atoms with van der Waals surface area (Å²) in [5.41, 5.74) is 2.79. The van der Waals surface area contributed by atoms with E-state index in [1.165, 1.54) is 22.6 Å².